The van der Waals surface area contributed by atoms with Crippen molar-refractivity contribution in [2.75, 3.05) is 0 Å². The van der Waals surface area contributed by atoms with Crippen LogP contribution in [0.4, 0.5) is 0 Å². The lowest BCUT2D eigenvalue weighted by atomic mass is 9.86. The van der Waals surface area contributed by atoms with Gasteiger partial charge < -0.3 is 14.9 Å². The van der Waals surface area contributed by atoms with Crippen molar-refractivity contribution in [2.45, 2.75) is 32.3 Å². The number of rotatable bonds is 4. The van der Waals surface area contributed by atoms with Gasteiger partial charge in [0.15, 0.2) is 11.4 Å². The summed E-state index contributed by atoms with van der Waals surface area (Å²) in [4.78, 5) is 23.9. The van der Waals surface area contributed by atoms with Crippen molar-refractivity contribution in [3.8, 4) is 11.5 Å². The average Bonchev–Trinajstić information content (AvgIpc) is 2.57. The van der Waals surface area contributed by atoms with E-state index in [0.717, 1.165) is 11.1 Å². The highest BCUT2D eigenvalue weighted by atomic mass is 16.5. The van der Waals surface area contributed by atoms with Crippen molar-refractivity contribution in [3.05, 3.63) is 64.7 Å². The molecule has 2 N–H and O–H groups in total. The third-order valence-electron chi connectivity index (χ3n) is 4.38. The number of fused-ring (bicyclic) bond motifs is 1. The molecule has 2 aromatic rings. The number of carbonyl (C=O) groups is 2. The molecular formula is C21H20O5. The van der Waals surface area contributed by atoms with Gasteiger partial charge in [0.1, 0.15) is 11.5 Å². The Morgan fingerprint density at radius 2 is 1.92 bits per heavy atom. The second kappa shape index (κ2) is 6.67. The molecule has 0 atom stereocenters. The van der Waals surface area contributed by atoms with Crippen LogP contribution in [0.1, 0.15) is 41.8 Å². The molecule has 5 heteroatoms. The number of carboxylic acids is 1. The highest BCUT2D eigenvalue weighted by Gasteiger charge is 2.30. The maximum absolute atomic E-state index is 12.7. The van der Waals surface area contributed by atoms with Crippen molar-refractivity contribution < 1.29 is 24.5 Å². The van der Waals surface area contributed by atoms with Crippen LogP contribution >= 0.6 is 0 Å². The first-order valence-electron chi connectivity index (χ1n) is 8.36. The van der Waals surface area contributed by atoms with Gasteiger partial charge in [-0.05, 0) is 74.2 Å². The van der Waals surface area contributed by atoms with Gasteiger partial charge in [0.25, 0.3) is 0 Å². The molecule has 0 bridgehead atoms. The smallest absolute Gasteiger partial charge is 0.347 e. The summed E-state index contributed by atoms with van der Waals surface area (Å²) in [6.07, 6.45) is 3.03. The van der Waals surface area contributed by atoms with Crippen LogP contribution in [0.2, 0.25) is 0 Å². The quantitative estimate of drug-likeness (QED) is 0.817. The summed E-state index contributed by atoms with van der Waals surface area (Å²) in [5.41, 5.74) is 1.57. The maximum Gasteiger partial charge on any atom is 0.347 e. The first kappa shape index (κ1) is 17.7. The molecule has 2 aromatic carbocycles. The highest BCUT2D eigenvalue weighted by Crippen LogP contribution is 2.31. The SMILES string of the molecule is CC(C)(Oc1ccc2c(c1)CCC(=Cc1cccc(O)c1)C2=O)C(=O)O. The Kier molecular flexibility index (Phi) is 4.55. The normalized spacial score (nSPS) is 15.6. The topological polar surface area (TPSA) is 83.8 Å². The van der Waals surface area contributed by atoms with Gasteiger partial charge in [-0.25, -0.2) is 4.79 Å². The van der Waals surface area contributed by atoms with E-state index in [-0.39, 0.29) is 11.5 Å². The lowest BCUT2D eigenvalue weighted by Gasteiger charge is -2.23. The number of phenolic OH excluding ortho intramolecular Hbond substituents is 1. The molecule has 0 unspecified atom stereocenters. The number of allylic oxidation sites excluding steroid dienone is 1. The summed E-state index contributed by atoms with van der Waals surface area (Å²) >= 11 is 0. The highest BCUT2D eigenvalue weighted by molar-refractivity contribution is 6.13. The van der Waals surface area contributed by atoms with Crippen LogP contribution < -0.4 is 4.74 Å². The number of ketones is 1. The first-order valence-corrected chi connectivity index (χ1v) is 8.36. The Bertz CT molecular complexity index is 908. The summed E-state index contributed by atoms with van der Waals surface area (Å²) in [5.74, 6) is -0.517. The van der Waals surface area contributed by atoms with E-state index in [9.17, 15) is 19.8 Å². The number of aromatic hydroxyl groups is 1. The summed E-state index contributed by atoms with van der Waals surface area (Å²) in [6.45, 7) is 2.96. The average molecular weight is 352 g/mol. The fourth-order valence-electron chi connectivity index (χ4n) is 2.91. The summed E-state index contributed by atoms with van der Waals surface area (Å²) < 4.78 is 5.55. The number of carbonyl (C=O) groups excluding carboxylic acids is 1. The summed E-state index contributed by atoms with van der Waals surface area (Å²) in [5, 5.41) is 18.7. The zero-order valence-electron chi connectivity index (χ0n) is 14.7. The van der Waals surface area contributed by atoms with E-state index in [2.05, 4.69) is 0 Å². The number of phenols is 1. The predicted octanol–water partition coefficient (Wildman–Crippen LogP) is 3.85. The van der Waals surface area contributed by atoms with E-state index in [1.807, 2.05) is 6.07 Å². The second-order valence-corrected chi connectivity index (χ2v) is 6.83. The van der Waals surface area contributed by atoms with E-state index in [1.165, 1.54) is 13.8 Å². The summed E-state index contributed by atoms with van der Waals surface area (Å²) in [6, 6.07) is 11.8. The molecule has 0 amide bonds. The monoisotopic (exact) mass is 352 g/mol. The molecular weight excluding hydrogens is 332 g/mol. The lowest BCUT2D eigenvalue weighted by molar-refractivity contribution is -0.152. The molecule has 1 aliphatic rings. The molecule has 26 heavy (non-hydrogen) atoms. The van der Waals surface area contributed by atoms with E-state index in [0.29, 0.717) is 29.7 Å². The van der Waals surface area contributed by atoms with Gasteiger partial charge in [-0.2, -0.15) is 0 Å². The molecule has 0 radical (unpaired) electrons. The standard InChI is InChI=1S/C21H20O5/c1-21(2,20(24)25)26-17-8-9-18-14(12-17)6-7-15(19(18)23)10-13-4-3-5-16(22)11-13/h3-5,8-12,22H,6-7H2,1-2H3,(H,24,25). The number of hydrogen-bond donors (Lipinski definition) is 2. The number of Topliss-reactive ketones (excluding diaryl/α,β-unsaturated/α-hetero) is 1. The van der Waals surface area contributed by atoms with Gasteiger partial charge in [0, 0.05) is 11.1 Å². The molecule has 0 spiro atoms. The van der Waals surface area contributed by atoms with Crippen LogP contribution in [0.3, 0.4) is 0 Å². The van der Waals surface area contributed by atoms with Gasteiger partial charge in [-0.3, -0.25) is 4.79 Å². The van der Waals surface area contributed by atoms with Crippen molar-refractivity contribution in [1.29, 1.82) is 0 Å². The van der Waals surface area contributed by atoms with Crippen molar-refractivity contribution in [3.63, 3.8) is 0 Å². The number of aliphatic carboxylic acids is 1. The third-order valence-corrected chi connectivity index (χ3v) is 4.38. The minimum Gasteiger partial charge on any atom is -0.508 e. The van der Waals surface area contributed by atoms with Crippen molar-refractivity contribution in [2.24, 2.45) is 0 Å². The van der Waals surface area contributed by atoms with Crippen LogP contribution in [-0.2, 0) is 11.2 Å². The maximum atomic E-state index is 12.7. The van der Waals surface area contributed by atoms with Crippen LogP contribution in [0.25, 0.3) is 6.08 Å². The summed E-state index contributed by atoms with van der Waals surface area (Å²) in [7, 11) is 0. The van der Waals surface area contributed by atoms with Gasteiger partial charge in [-0.1, -0.05) is 12.1 Å². The molecule has 0 saturated carbocycles. The predicted molar refractivity (Wildman–Crippen MR) is 97.5 cm³/mol. The first-order chi connectivity index (χ1) is 12.3. The molecule has 0 fully saturated rings. The zero-order valence-corrected chi connectivity index (χ0v) is 14.7. The van der Waals surface area contributed by atoms with E-state index in [4.69, 9.17) is 4.74 Å². The molecule has 0 saturated heterocycles. The number of carboxylic acid groups (broad SMARTS) is 1. The minimum atomic E-state index is -1.34. The van der Waals surface area contributed by atoms with Crippen molar-refractivity contribution in [1.82, 2.24) is 0 Å². The fraction of sp³-hybridized carbons (Fsp3) is 0.238. The Hall–Kier alpha value is -3.08. The van der Waals surface area contributed by atoms with Gasteiger partial charge >= 0.3 is 5.97 Å². The van der Waals surface area contributed by atoms with E-state index >= 15 is 0 Å². The number of ether oxygens (including phenoxy) is 1. The van der Waals surface area contributed by atoms with Crippen LogP contribution in [-0.4, -0.2) is 27.6 Å². The molecule has 134 valence electrons. The zero-order chi connectivity index (χ0) is 18.9. The largest absolute Gasteiger partial charge is 0.508 e. The Morgan fingerprint density at radius 3 is 2.62 bits per heavy atom. The Morgan fingerprint density at radius 1 is 1.15 bits per heavy atom. The molecule has 5 nitrogen and oxygen atoms in total. The van der Waals surface area contributed by atoms with Gasteiger partial charge in [-0.15, -0.1) is 0 Å². The molecule has 0 aromatic heterocycles. The van der Waals surface area contributed by atoms with Gasteiger partial charge in [0.2, 0.25) is 0 Å². The van der Waals surface area contributed by atoms with Crippen LogP contribution in [0.15, 0.2) is 48.0 Å². The van der Waals surface area contributed by atoms with E-state index in [1.54, 1.807) is 42.5 Å². The third kappa shape index (κ3) is 3.61. The number of hydrogen-bond acceptors (Lipinski definition) is 4. The number of benzene rings is 2. The van der Waals surface area contributed by atoms with Crippen LogP contribution in [0, 0.1) is 0 Å². The number of aryl methyl sites for hydroxylation is 1. The molecule has 0 heterocycles. The fourth-order valence-corrected chi connectivity index (χ4v) is 2.91. The molecule has 1 aliphatic carbocycles. The molecule has 0 aliphatic heterocycles. The van der Waals surface area contributed by atoms with E-state index < -0.39 is 11.6 Å². The van der Waals surface area contributed by atoms with Gasteiger partial charge in [0.05, 0.1) is 0 Å². The molecule has 3 rings (SSSR count). The second-order valence-electron chi connectivity index (χ2n) is 6.83. The van der Waals surface area contributed by atoms with Crippen LogP contribution in [0.5, 0.6) is 11.5 Å². The Balaban J connectivity index is 1.86. The van der Waals surface area contributed by atoms with Crippen molar-refractivity contribution >= 4 is 17.8 Å². The Labute approximate surface area is 151 Å². The lowest BCUT2D eigenvalue weighted by Crippen LogP contribution is -2.37. The minimum absolute atomic E-state index is 0.0568.